The molecule has 8 heteroatoms. The zero-order valence-electron chi connectivity index (χ0n) is 25.1. The number of fused-ring (bicyclic) bond motifs is 1. The first-order valence-electron chi connectivity index (χ1n) is 14.1. The molecule has 0 aliphatic rings. The van der Waals surface area contributed by atoms with Crippen LogP contribution in [0.1, 0.15) is 57.3 Å². The topological polar surface area (TPSA) is 100 Å². The molecule has 0 N–H and O–H groups in total. The lowest BCUT2D eigenvalue weighted by atomic mass is 9.91. The molecular weight excluding hydrogens is 530 g/mol. The van der Waals surface area contributed by atoms with Crippen LogP contribution in [-0.2, 0) is 22.5 Å². The van der Waals surface area contributed by atoms with Crippen molar-refractivity contribution in [3.63, 3.8) is 0 Å². The van der Waals surface area contributed by atoms with E-state index in [0.29, 0.717) is 12.1 Å². The number of hydrogen-bond acceptors (Lipinski definition) is 7. The van der Waals surface area contributed by atoms with Gasteiger partial charge in [-0.3, -0.25) is 14.4 Å². The fourth-order valence-corrected chi connectivity index (χ4v) is 5.05. The summed E-state index contributed by atoms with van der Waals surface area (Å²) in [5.41, 5.74) is 5.32. The maximum absolute atomic E-state index is 12.8. The Balaban J connectivity index is 1.44. The van der Waals surface area contributed by atoms with Crippen molar-refractivity contribution in [1.82, 2.24) is 14.5 Å². The monoisotopic (exact) mass is 565 g/mol. The average Bonchev–Trinajstić information content (AvgIpc) is 3.30. The first-order chi connectivity index (χ1) is 19.9. The summed E-state index contributed by atoms with van der Waals surface area (Å²) in [5.74, 6) is 0.428. The van der Waals surface area contributed by atoms with Gasteiger partial charge in [0.25, 0.3) is 5.43 Å². The number of aromatic nitrogens is 3. The van der Waals surface area contributed by atoms with E-state index in [1.165, 1.54) is 6.92 Å². The quantitative estimate of drug-likeness (QED) is 0.131. The Morgan fingerprint density at radius 1 is 0.952 bits per heavy atom. The molecule has 0 saturated heterocycles. The van der Waals surface area contributed by atoms with Crippen LogP contribution in [-0.4, -0.2) is 26.8 Å². The molecule has 3 aromatic carbocycles. The van der Waals surface area contributed by atoms with Crippen LogP contribution in [0.2, 0.25) is 0 Å². The highest BCUT2D eigenvalue weighted by Crippen LogP contribution is 2.35. The normalized spacial score (nSPS) is 12.5. The number of ether oxygens (including phenoxy) is 2. The number of hydrogen-bond donors (Lipinski definition) is 0. The number of esters is 1. The molecule has 0 radical (unpaired) electrons. The molecule has 0 fully saturated rings. The third-order valence-corrected chi connectivity index (χ3v) is 7.26. The number of benzene rings is 2. The first-order valence-corrected chi connectivity index (χ1v) is 14.1. The summed E-state index contributed by atoms with van der Waals surface area (Å²) in [4.78, 5) is 47.2. The number of aryl methyl sites for hydroxylation is 3. The van der Waals surface area contributed by atoms with Crippen LogP contribution in [0.3, 0.4) is 0 Å². The average molecular weight is 566 g/mol. The van der Waals surface area contributed by atoms with Gasteiger partial charge in [0.15, 0.2) is 11.4 Å². The number of nitrogens with zero attached hydrogens (tertiary/aromatic N) is 3. The molecule has 0 amide bonds. The molecule has 0 saturated carbocycles. The summed E-state index contributed by atoms with van der Waals surface area (Å²) in [6.07, 6.45) is -0.236. The molecule has 0 aliphatic heterocycles. The van der Waals surface area contributed by atoms with E-state index in [1.54, 1.807) is 26.8 Å². The number of imidazole rings is 1. The van der Waals surface area contributed by atoms with Gasteiger partial charge in [0.2, 0.25) is 11.7 Å². The Morgan fingerprint density at radius 2 is 1.62 bits per heavy atom. The van der Waals surface area contributed by atoms with E-state index in [2.05, 4.69) is 24.5 Å². The summed E-state index contributed by atoms with van der Waals surface area (Å²) < 4.78 is 13.2. The fourth-order valence-electron chi connectivity index (χ4n) is 5.05. The van der Waals surface area contributed by atoms with Gasteiger partial charge in [0, 0.05) is 19.0 Å². The highest BCUT2D eigenvalue weighted by molar-refractivity contribution is 5.87. The molecule has 5 aromatic rings. The minimum Gasteiger partial charge on any atom is -0.450 e. The molecule has 0 aliphatic carbocycles. The van der Waals surface area contributed by atoms with Crippen LogP contribution >= 0.6 is 0 Å². The third-order valence-electron chi connectivity index (χ3n) is 7.26. The SMILES string of the molecule is CCc1nc2c(C)cc(C)nc2n1Cc1ccc(-c2ccccc2-c2c(OC(C)OC(=O)C(C)(C)C)c(=O)c2=O)cc1. The van der Waals surface area contributed by atoms with Crippen molar-refractivity contribution in [3.05, 3.63) is 97.7 Å². The van der Waals surface area contributed by atoms with E-state index in [1.807, 2.05) is 49.4 Å². The summed E-state index contributed by atoms with van der Waals surface area (Å²) >= 11 is 0. The highest BCUT2D eigenvalue weighted by Gasteiger charge is 2.30. The molecule has 2 heterocycles. The van der Waals surface area contributed by atoms with Crippen molar-refractivity contribution in [1.29, 1.82) is 0 Å². The lowest BCUT2D eigenvalue weighted by molar-refractivity contribution is -0.171. The number of pyridine rings is 1. The minimum atomic E-state index is -1.03. The van der Waals surface area contributed by atoms with E-state index in [9.17, 15) is 14.4 Å². The lowest BCUT2D eigenvalue weighted by Gasteiger charge is -2.23. The second-order valence-electron chi connectivity index (χ2n) is 11.7. The summed E-state index contributed by atoms with van der Waals surface area (Å²) in [6.45, 7) is 13.5. The Kier molecular flexibility index (Phi) is 7.58. The second kappa shape index (κ2) is 11.0. The second-order valence-corrected chi connectivity index (χ2v) is 11.7. The van der Waals surface area contributed by atoms with E-state index >= 15 is 0 Å². The predicted octanol–water partition coefficient (Wildman–Crippen LogP) is 5.90. The van der Waals surface area contributed by atoms with Gasteiger partial charge in [-0.2, -0.15) is 0 Å². The van der Waals surface area contributed by atoms with Crippen molar-refractivity contribution in [2.45, 2.75) is 67.7 Å². The first kappa shape index (κ1) is 28.9. The molecular formula is C34H35N3O5. The number of carbonyl (C=O) groups excluding carboxylic acids is 1. The smallest absolute Gasteiger partial charge is 0.314 e. The van der Waals surface area contributed by atoms with Gasteiger partial charge in [-0.25, -0.2) is 9.97 Å². The third kappa shape index (κ3) is 5.36. The van der Waals surface area contributed by atoms with Gasteiger partial charge in [0.05, 0.1) is 17.5 Å². The molecule has 42 heavy (non-hydrogen) atoms. The predicted molar refractivity (Wildman–Crippen MR) is 163 cm³/mol. The number of rotatable bonds is 8. The lowest BCUT2D eigenvalue weighted by Crippen LogP contribution is -2.38. The Hall–Kier alpha value is -4.59. The molecule has 216 valence electrons. The Bertz CT molecular complexity index is 1870. The van der Waals surface area contributed by atoms with Gasteiger partial charge in [-0.15, -0.1) is 0 Å². The Labute approximate surface area is 244 Å². The molecule has 1 unspecified atom stereocenters. The van der Waals surface area contributed by atoms with Crippen molar-refractivity contribution in [2.75, 3.05) is 0 Å². The zero-order valence-corrected chi connectivity index (χ0v) is 25.1. The summed E-state index contributed by atoms with van der Waals surface area (Å²) in [7, 11) is 0. The van der Waals surface area contributed by atoms with Crippen LogP contribution in [0.4, 0.5) is 0 Å². The van der Waals surface area contributed by atoms with Gasteiger partial charge in [-0.05, 0) is 68.5 Å². The molecule has 2 aromatic heterocycles. The van der Waals surface area contributed by atoms with E-state index in [-0.39, 0.29) is 11.3 Å². The van der Waals surface area contributed by atoms with Crippen molar-refractivity contribution in [2.24, 2.45) is 5.41 Å². The van der Waals surface area contributed by atoms with E-state index in [4.69, 9.17) is 19.4 Å². The molecule has 8 nitrogen and oxygen atoms in total. The minimum absolute atomic E-state index is 0.0875. The van der Waals surface area contributed by atoms with Crippen LogP contribution in [0.5, 0.6) is 5.75 Å². The number of carbonyl (C=O) groups is 1. The zero-order chi connectivity index (χ0) is 30.3. The van der Waals surface area contributed by atoms with Crippen LogP contribution < -0.4 is 15.6 Å². The largest absolute Gasteiger partial charge is 0.450 e. The maximum Gasteiger partial charge on any atom is 0.314 e. The van der Waals surface area contributed by atoms with Crippen LogP contribution in [0.15, 0.2) is 64.2 Å². The summed E-state index contributed by atoms with van der Waals surface area (Å²) in [6, 6.07) is 17.5. The molecule has 1 atom stereocenters. The Morgan fingerprint density at radius 3 is 2.26 bits per heavy atom. The summed E-state index contributed by atoms with van der Waals surface area (Å²) in [5, 5.41) is 0. The molecule has 0 bridgehead atoms. The van der Waals surface area contributed by atoms with E-state index < -0.39 is 28.5 Å². The van der Waals surface area contributed by atoms with Gasteiger partial charge < -0.3 is 14.0 Å². The van der Waals surface area contributed by atoms with Crippen molar-refractivity contribution >= 4 is 17.1 Å². The molecule has 5 rings (SSSR count). The van der Waals surface area contributed by atoms with Crippen molar-refractivity contribution in [3.8, 4) is 28.0 Å². The van der Waals surface area contributed by atoms with Crippen LogP contribution in [0.25, 0.3) is 33.4 Å². The molecule has 0 spiro atoms. The van der Waals surface area contributed by atoms with Crippen molar-refractivity contribution < 1.29 is 14.3 Å². The fraction of sp³-hybridized carbons (Fsp3) is 0.324. The van der Waals surface area contributed by atoms with Gasteiger partial charge >= 0.3 is 5.97 Å². The van der Waals surface area contributed by atoms with Gasteiger partial charge in [-0.1, -0.05) is 55.5 Å². The maximum atomic E-state index is 12.8. The standard InChI is InChI=1S/C34H35N3O5/c1-8-26-36-28-19(2)17-20(3)35-32(28)37(26)18-22-13-15-23(16-14-22)24-11-9-10-12-25(24)27-29(38)30(39)31(27)41-21(4)42-33(40)34(5,6)7/h9-17,21H,8,18H2,1-7H3. The van der Waals surface area contributed by atoms with Gasteiger partial charge in [0.1, 0.15) is 11.3 Å². The van der Waals surface area contributed by atoms with E-state index in [0.717, 1.165) is 51.4 Å². The highest BCUT2D eigenvalue weighted by atomic mass is 16.7. The van der Waals surface area contributed by atoms with Crippen LogP contribution in [0, 0.1) is 19.3 Å².